The molecule has 4 nitrogen and oxygen atoms in total. The normalized spacial score (nSPS) is 15.4. The summed E-state index contributed by atoms with van der Waals surface area (Å²) in [5, 5.41) is 6.01. The standard InChI is InChI=1S/C33H32Cl2N4/c1-22-8-7-11-31-33(22)38-30-20-28(37-26-16-12-23(34)13-17-26)29(36-25-9-5-3-2-4-6-10-25)21-32(30)39(31)27-18-14-24(35)15-19-27/h7-8,11-21,25,37H,2-6,9-10H2,1H3. The molecule has 3 aromatic carbocycles. The summed E-state index contributed by atoms with van der Waals surface area (Å²) in [6.07, 6.45) is 8.66. The lowest BCUT2D eigenvalue weighted by Gasteiger charge is -2.22. The molecule has 0 atom stereocenters. The highest BCUT2D eigenvalue weighted by Gasteiger charge is 2.19. The molecule has 3 aromatic rings. The number of fused-ring (bicyclic) bond motifs is 2. The summed E-state index contributed by atoms with van der Waals surface area (Å²) >= 11 is 12.4. The molecule has 0 amide bonds. The molecule has 0 aromatic heterocycles. The second-order valence-electron chi connectivity index (χ2n) is 10.5. The summed E-state index contributed by atoms with van der Waals surface area (Å²) in [6, 6.07) is 26.8. The zero-order valence-corrected chi connectivity index (χ0v) is 23.6. The molecule has 0 spiro atoms. The van der Waals surface area contributed by atoms with Gasteiger partial charge in [-0.1, -0.05) is 67.4 Å². The summed E-state index contributed by atoms with van der Waals surface area (Å²) in [5.74, 6) is 0. The highest BCUT2D eigenvalue weighted by molar-refractivity contribution is 6.30. The summed E-state index contributed by atoms with van der Waals surface area (Å²) in [4.78, 5) is 10.5. The lowest BCUT2D eigenvalue weighted by atomic mass is 9.97. The Morgan fingerprint density at radius 1 is 0.821 bits per heavy atom. The maximum Gasteiger partial charge on any atom is 0.0907 e. The van der Waals surface area contributed by atoms with Crippen LogP contribution in [-0.2, 0) is 0 Å². The number of halogens is 2. The molecular weight excluding hydrogens is 523 g/mol. The van der Waals surface area contributed by atoms with Gasteiger partial charge < -0.3 is 9.88 Å². The highest BCUT2D eigenvalue weighted by Crippen LogP contribution is 2.32. The minimum absolute atomic E-state index is 0.313. The topological polar surface area (TPSA) is 42.2 Å². The van der Waals surface area contributed by atoms with Crippen LogP contribution in [0.15, 0.2) is 83.9 Å². The van der Waals surface area contributed by atoms with Gasteiger partial charge in [-0.05, 0) is 92.1 Å². The molecule has 1 heterocycles. The van der Waals surface area contributed by atoms with Crippen LogP contribution in [0.5, 0.6) is 0 Å². The quantitative estimate of drug-likeness (QED) is 0.225. The number of nitrogens with zero attached hydrogens (tertiary/aromatic N) is 3. The van der Waals surface area contributed by atoms with E-state index in [-0.39, 0.29) is 0 Å². The van der Waals surface area contributed by atoms with Crippen LogP contribution in [-0.4, -0.2) is 15.6 Å². The van der Waals surface area contributed by atoms with Gasteiger partial charge in [0.15, 0.2) is 0 Å². The Morgan fingerprint density at radius 2 is 1.49 bits per heavy atom. The van der Waals surface area contributed by atoms with Crippen molar-refractivity contribution in [3.8, 4) is 17.1 Å². The van der Waals surface area contributed by atoms with Gasteiger partial charge in [-0.25, -0.2) is 4.98 Å². The summed E-state index contributed by atoms with van der Waals surface area (Å²) in [5.41, 5.74) is 8.04. The zero-order valence-electron chi connectivity index (χ0n) is 22.1. The number of hydrogen-bond acceptors (Lipinski definition) is 3. The van der Waals surface area contributed by atoms with E-state index in [9.17, 15) is 0 Å². The van der Waals surface area contributed by atoms with Crippen molar-refractivity contribution in [3.05, 3.63) is 99.8 Å². The average Bonchev–Trinajstić information content (AvgIpc) is 2.92. The van der Waals surface area contributed by atoms with Crippen LogP contribution in [0.3, 0.4) is 0 Å². The van der Waals surface area contributed by atoms with E-state index in [1.165, 1.54) is 32.1 Å². The molecule has 1 aliphatic heterocycles. The number of rotatable bonds is 4. The molecular formula is C33H32Cl2N4. The molecule has 0 radical (unpaired) electrons. The third-order valence-corrected chi connectivity index (χ3v) is 8.13. The first-order chi connectivity index (χ1) is 19.0. The van der Waals surface area contributed by atoms with E-state index in [0.717, 1.165) is 63.2 Å². The number of aryl methyl sites for hydroxylation is 1. The molecule has 0 bridgehead atoms. The van der Waals surface area contributed by atoms with E-state index < -0.39 is 0 Å². The molecule has 0 saturated heterocycles. The van der Waals surface area contributed by atoms with Gasteiger partial charge in [-0.2, -0.15) is 0 Å². The maximum absolute atomic E-state index is 6.27. The predicted molar refractivity (Wildman–Crippen MR) is 164 cm³/mol. The van der Waals surface area contributed by atoms with Crippen LogP contribution in [0.25, 0.3) is 28.1 Å². The second kappa shape index (κ2) is 11.4. The van der Waals surface area contributed by atoms with E-state index in [1.54, 1.807) is 0 Å². The number of nitrogens with one attached hydrogen (secondary N) is 1. The van der Waals surface area contributed by atoms with Gasteiger partial charge in [-0.15, -0.1) is 0 Å². The van der Waals surface area contributed by atoms with E-state index >= 15 is 0 Å². The molecule has 2 aliphatic carbocycles. The average molecular weight is 556 g/mol. The van der Waals surface area contributed by atoms with Crippen molar-refractivity contribution in [2.75, 3.05) is 5.32 Å². The first-order valence-electron chi connectivity index (χ1n) is 13.8. The van der Waals surface area contributed by atoms with Crippen LogP contribution in [0.4, 0.5) is 11.4 Å². The summed E-state index contributed by atoms with van der Waals surface area (Å²) in [6.45, 7) is 2.11. The largest absolute Gasteiger partial charge is 0.354 e. The van der Waals surface area contributed by atoms with Crippen LogP contribution >= 0.6 is 23.2 Å². The Kier molecular flexibility index (Phi) is 7.58. The fraction of sp³-hybridized carbons (Fsp3) is 0.273. The third-order valence-electron chi connectivity index (χ3n) is 7.63. The number of aromatic nitrogens is 2. The molecule has 0 unspecified atom stereocenters. The Morgan fingerprint density at radius 3 is 2.21 bits per heavy atom. The van der Waals surface area contributed by atoms with Crippen molar-refractivity contribution in [1.82, 2.24) is 9.55 Å². The van der Waals surface area contributed by atoms with E-state index in [0.29, 0.717) is 16.1 Å². The van der Waals surface area contributed by atoms with E-state index in [2.05, 4.69) is 59.3 Å². The molecule has 39 heavy (non-hydrogen) atoms. The molecule has 1 fully saturated rings. The zero-order chi connectivity index (χ0) is 26.8. The monoisotopic (exact) mass is 554 g/mol. The Hall–Kier alpha value is -3.34. The van der Waals surface area contributed by atoms with E-state index in [1.807, 2.05) is 36.4 Å². The molecule has 1 saturated carbocycles. The van der Waals surface area contributed by atoms with Gasteiger partial charge in [0, 0.05) is 21.4 Å². The van der Waals surface area contributed by atoms with Crippen molar-refractivity contribution in [2.45, 2.75) is 57.9 Å². The first-order valence-corrected chi connectivity index (χ1v) is 14.6. The van der Waals surface area contributed by atoms with Gasteiger partial charge in [0.05, 0.1) is 39.5 Å². The smallest absolute Gasteiger partial charge is 0.0907 e. The minimum atomic E-state index is 0.313. The summed E-state index contributed by atoms with van der Waals surface area (Å²) < 4.78 is 2.28. The van der Waals surface area contributed by atoms with Crippen molar-refractivity contribution in [2.24, 2.45) is 4.99 Å². The lowest BCUT2D eigenvalue weighted by molar-refractivity contribution is 0.450. The van der Waals surface area contributed by atoms with Crippen molar-refractivity contribution in [1.29, 1.82) is 0 Å². The van der Waals surface area contributed by atoms with Gasteiger partial charge in [0.2, 0.25) is 0 Å². The second-order valence-corrected chi connectivity index (χ2v) is 11.4. The lowest BCUT2D eigenvalue weighted by Crippen LogP contribution is -2.19. The van der Waals surface area contributed by atoms with Crippen LogP contribution in [0, 0.1) is 6.92 Å². The van der Waals surface area contributed by atoms with Crippen molar-refractivity contribution in [3.63, 3.8) is 0 Å². The van der Waals surface area contributed by atoms with Crippen molar-refractivity contribution < 1.29 is 0 Å². The van der Waals surface area contributed by atoms with E-state index in [4.69, 9.17) is 33.2 Å². The van der Waals surface area contributed by atoms with Crippen molar-refractivity contribution >= 4 is 45.6 Å². The molecule has 1 N–H and O–H groups in total. The maximum atomic E-state index is 6.27. The van der Waals surface area contributed by atoms with Gasteiger partial charge >= 0.3 is 0 Å². The third kappa shape index (κ3) is 5.68. The molecule has 198 valence electrons. The number of benzene rings is 4. The Bertz CT molecular complexity index is 1630. The SMILES string of the molecule is Cc1cccc2c1nc1cc(Nc3ccc(Cl)cc3)c(=NC3CCCCCCC3)cc-1n2-c1ccc(Cl)cc1. The predicted octanol–water partition coefficient (Wildman–Crippen LogP) is 9.50. The first kappa shape index (κ1) is 25.9. The highest BCUT2D eigenvalue weighted by atomic mass is 35.5. The fourth-order valence-corrected chi connectivity index (χ4v) is 5.83. The summed E-state index contributed by atoms with van der Waals surface area (Å²) in [7, 11) is 0. The molecule has 6 heteroatoms. The number of para-hydroxylation sites is 1. The number of anilines is 2. The van der Waals surface area contributed by atoms with Gasteiger partial charge in [0.1, 0.15) is 0 Å². The fourth-order valence-electron chi connectivity index (χ4n) is 5.58. The van der Waals surface area contributed by atoms with Crippen LogP contribution < -0.4 is 10.7 Å². The molecule has 6 rings (SSSR count). The minimum Gasteiger partial charge on any atom is -0.354 e. The molecule has 3 aliphatic rings. The Labute approximate surface area is 239 Å². The van der Waals surface area contributed by atoms with Crippen LogP contribution in [0.1, 0.15) is 50.5 Å². The van der Waals surface area contributed by atoms with Gasteiger partial charge in [0.25, 0.3) is 0 Å². The van der Waals surface area contributed by atoms with Gasteiger partial charge in [-0.3, -0.25) is 4.99 Å². The Balaban J connectivity index is 1.61. The number of hydrogen-bond donors (Lipinski definition) is 1. The van der Waals surface area contributed by atoms with Crippen LogP contribution in [0.2, 0.25) is 10.0 Å².